The number of carbonyl (C=O) groups excluding carboxylic acids is 3. The van der Waals surface area contributed by atoms with Crippen molar-refractivity contribution < 1.29 is 23.9 Å². The highest BCUT2D eigenvalue weighted by atomic mass is 127. The minimum atomic E-state index is -0.518. The van der Waals surface area contributed by atoms with Gasteiger partial charge in [0, 0.05) is 10.7 Å². The summed E-state index contributed by atoms with van der Waals surface area (Å²) in [4.78, 5) is 38.7. The van der Waals surface area contributed by atoms with Crippen LogP contribution in [-0.2, 0) is 9.59 Å². The van der Waals surface area contributed by atoms with Crippen LogP contribution in [0.3, 0.4) is 0 Å². The molecule has 1 saturated heterocycles. The molecule has 7 nitrogen and oxygen atoms in total. The number of anilines is 1. The van der Waals surface area contributed by atoms with Gasteiger partial charge in [-0.05, 0) is 95.7 Å². The molecule has 0 spiro atoms. The molecule has 1 aliphatic heterocycles. The fourth-order valence-corrected chi connectivity index (χ4v) is 4.69. The number of imide groups is 1. The number of rotatable bonds is 9. The number of hydrogen-bond donors (Lipinski definition) is 1. The molecular formula is C23H22ClIN2O5S. The first-order chi connectivity index (χ1) is 15.8. The Morgan fingerprint density at radius 1 is 1.18 bits per heavy atom. The normalized spacial score (nSPS) is 14.7. The predicted octanol–water partition coefficient (Wildman–Crippen LogP) is 5.81. The second-order valence-electron chi connectivity index (χ2n) is 6.93. The molecule has 2 aromatic carbocycles. The summed E-state index contributed by atoms with van der Waals surface area (Å²) >= 11 is 8.79. The van der Waals surface area contributed by atoms with E-state index in [2.05, 4.69) is 27.9 Å². The molecule has 2 aromatic rings. The SMILES string of the molecule is CCCOc1c(I)cc(/C=C2\SC(=O)N(CC(=O)Nc3ccc(Cl)cc3)C2=O)cc1OCC. The Labute approximate surface area is 215 Å². The lowest BCUT2D eigenvalue weighted by atomic mass is 10.2. The Morgan fingerprint density at radius 3 is 2.58 bits per heavy atom. The van der Waals surface area contributed by atoms with Crippen LogP contribution in [0.5, 0.6) is 11.5 Å². The van der Waals surface area contributed by atoms with Gasteiger partial charge in [-0.2, -0.15) is 0 Å². The lowest BCUT2D eigenvalue weighted by Crippen LogP contribution is -2.36. The van der Waals surface area contributed by atoms with Crippen molar-refractivity contribution >= 4 is 74.8 Å². The summed E-state index contributed by atoms with van der Waals surface area (Å²) in [5.41, 5.74) is 1.22. The fourth-order valence-electron chi connectivity index (χ4n) is 2.94. The molecule has 33 heavy (non-hydrogen) atoms. The Kier molecular flexibility index (Phi) is 9.04. The third kappa shape index (κ3) is 6.64. The second kappa shape index (κ2) is 11.8. The van der Waals surface area contributed by atoms with Crippen LogP contribution in [0.4, 0.5) is 10.5 Å². The monoisotopic (exact) mass is 600 g/mol. The summed E-state index contributed by atoms with van der Waals surface area (Å²) in [5.74, 6) is 0.233. The average molecular weight is 601 g/mol. The number of benzene rings is 2. The van der Waals surface area contributed by atoms with E-state index >= 15 is 0 Å². The first-order valence-electron chi connectivity index (χ1n) is 10.2. The molecule has 3 rings (SSSR count). The highest BCUT2D eigenvalue weighted by Gasteiger charge is 2.36. The Bertz CT molecular complexity index is 1090. The Hall–Kier alpha value is -2.24. The maximum absolute atomic E-state index is 12.8. The maximum atomic E-state index is 12.8. The van der Waals surface area contributed by atoms with Gasteiger partial charge in [-0.25, -0.2) is 0 Å². The summed E-state index contributed by atoms with van der Waals surface area (Å²) in [5, 5.41) is 2.69. The molecule has 10 heteroatoms. The van der Waals surface area contributed by atoms with Crippen LogP contribution < -0.4 is 14.8 Å². The molecule has 174 valence electrons. The van der Waals surface area contributed by atoms with E-state index in [9.17, 15) is 14.4 Å². The Morgan fingerprint density at radius 2 is 1.91 bits per heavy atom. The number of thioether (sulfide) groups is 1. The molecule has 1 heterocycles. The summed E-state index contributed by atoms with van der Waals surface area (Å²) < 4.78 is 12.4. The highest BCUT2D eigenvalue weighted by Crippen LogP contribution is 2.37. The van der Waals surface area contributed by atoms with E-state index in [1.165, 1.54) is 0 Å². The largest absolute Gasteiger partial charge is 0.490 e. The number of nitrogens with zero attached hydrogens (tertiary/aromatic N) is 1. The van der Waals surface area contributed by atoms with Gasteiger partial charge in [-0.15, -0.1) is 0 Å². The molecular weight excluding hydrogens is 579 g/mol. The van der Waals surface area contributed by atoms with Crippen LogP contribution in [0.25, 0.3) is 6.08 Å². The van der Waals surface area contributed by atoms with Crippen LogP contribution in [0, 0.1) is 3.57 Å². The van der Waals surface area contributed by atoms with Gasteiger partial charge in [-0.1, -0.05) is 18.5 Å². The zero-order valence-electron chi connectivity index (χ0n) is 18.0. The van der Waals surface area contributed by atoms with Gasteiger partial charge in [0.25, 0.3) is 11.1 Å². The van der Waals surface area contributed by atoms with E-state index in [1.807, 2.05) is 19.9 Å². The van der Waals surface area contributed by atoms with E-state index in [0.717, 1.165) is 26.7 Å². The zero-order valence-corrected chi connectivity index (χ0v) is 21.8. The molecule has 0 saturated carbocycles. The molecule has 0 radical (unpaired) electrons. The highest BCUT2D eigenvalue weighted by molar-refractivity contribution is 14.1. The lowest BCUT2D eigenvalue weighted by Gasteiger charge is -2.14. The van der Waals surface area contributed by atoms with Gasteiger partial charge < -0.3 is 14.8 Å². The average Bonchev–Trinajstić information content (AvgIpc) is 3.02. The van der Waals surface area contributed by atoms with Crippen molar-refractivity contribution in [2.75, 3.05) is 25.1 Å². The standard InChI is InChI=1S/C23H22ClIN2O5S/c1-3-9-32-21-17(25)10-14(11-18(21)31-4-2)12-19-22(29)27(23(30)33-19)13-20(28)26-16-7-5-15(24)6-8-16/h5-8,10-12H,3-4,9,13H2,1-2H3,(H,26,28)/b19-12-. The Balaban J connectivity index is 1.75. The zero-order chi connectivity index (χ0) is 24.0. The summed E-state index contributed by atoms with van der Waals surface area (Å²) in [6, 6.07) is 10.2. The maximum Gasteiger partial charge on any atom is 0.294 e. The number of nitrogens with one attached hydrogen (secondary N) is 1. The number of halogens is 2. The van der Waals surface area contributed by atoms with Crippen molar-refractivity contribution in [1.29, 1.82) is 0 Å². The summed E-state index contributed by atoms with van der Waals surface area (Å²) in [6.45, 7) is 4.54. The minimum Gasteiger partial charge on any atom is -0.490 e. The first-order valence-corrected chi connectivity index (χ1v) is 12.5. The van der Waals surface area contributed by atoms with Gasteiger partial charge in [0.05, 0.1) is 21.7 Å². The number of hydrogen-bond acceptors (Lipinski definition) is 6. The number of ether oxygens (including phenoxy) is 2. The third-order valence-corrected chi connectivity index (χ3v) is 6.34. The molecule has 0 bridgehead atoms. The number of carbonyl (C=O) groups is 3. The van der Waals surface area contributed by atoms with E-state index in [1.54, 1.807) is 36.4 Å². The third-order valence-electron chi connectivity index (χ3n) is 4.38. The molecule has 3 amide bonds. The van der Waals surface area contributed by atoms with Gasteiger partial charge in [0.1, 0.15) is 6.54 Å². The molecule has 0 unspecified atom stereocenters. The molecule has 0 aromatic heterocycles. The number of amides is 3. The van der Waals surface area contributed by atoms with Crippen molar-refractivity contribution in [3.63, 3.8) is 0 Å². The molecule has 1 fully saturated rings. The van der Waals surface area contributed by atoms with E-state index in [0.29, 0.717) is 41.0 Å². The van der Waals surface area contributed by atoms with E-state index in [4.69, 9.17) is 21.1 Å². The fraction of sp³-hybridized carbons (Fsp3) is 0.261. The molecule has 1 aliphatic rings. The summed E-state index contributed by atoms with van der Waals surface area (Å²) in [7, 11) is 0. The van der Waals surface area contributed by atoms with Crippen LogP contribution in [-0.4, -0.2) is 41.7 Å². The molecule has 0 atom stereocenters. The van der Waals surface area contributed by atoms with Crippen molar-refractivity contribution in [1.82, 2.24) is 4.90 Å². The van der Waals surface area contributed by atoms with Crippen LogP contribution >= 0.6 is 46.0 Å². The smallest absolute Gasteiger partial charge is 0.294 e. The van der Waals surface area contributed by atoms with Gasteiger partial charge >= 0.3 is 0 Å². The van der Waals surface area contributed by atoms with E-state index < -0.39 is 17.1 Å². The predicted molar refractivity (Wildman–Crippen MR) is 139 cm³/mol. The molecule has 1 N–H and O–H groups in total. The van der Waals surface area contributed by atoms with Crippen molar-refractivity contribution in [3.8, 4) is 11.5 Å². The van der Waals surface area contributed by atoms with Crippen molar-refractivity contribution in [2.45, 2.75) is 20.3 Å². The van der Waals surface area contributed by atoms with Crippen LogP contribution in [0.15, 0.2) is 41.3 Å². The lowest BCUT2D eigenvalue weighted by molar-refractivity contribution is -0.127. The van der Waals surface area contributed by atoms with Crippen molar-refractivity contribution in [3.05, 3.63) is 55.5 Å². The van der Waals surface area contributed by atoms with E-state index in [-0.39, 0.29) is 11.4 Å². The summed E-state index contributed by atoms with van der Waals surface area (Å²) in [6.07, 6.45) is 2.48. The minimum absolute atomic E-state index is 0.236. The van der Waals surface area contributed by atoms with Gasteiger partial charge in [0.15, 0.2) is 11.5 Å². The van der Waals surface area contributed by atoms with Crippen molar-refractivity contribution in [2.24, 2.45) is 0 Å². The quantitative estimate of drug-likeness (QED) is 0.289. The van der Waals surface area contributed by atoms with Gasteiger partial charge in [-0.3, -0.25) is 19.3 Å². The second-order valence-corrected chi connectivity index (χ2v) is 9.53. The van der Waals surface area contributed by atoms with Crippen LogP contribution in [0.2, 0.25) is 5.02 Å². The van der Waals surface area contributed by atoms with Crippen LogP contribution in [0.1, 0.15) is 25.8 Å². The first kappa shape index (κ1) is 25.4. The van der Waals surface area contributed by atoms with Gasteiger partial charge in [0.2, 0.25) is 5.91 Å². The topological polar surface area (TPSA) is 84.9 Å². The molecule has 0 aliphatic carbocycles.